The molecule has 0 aliphatic heterocycles. The standard InChI is InChI=1S/C11H15F2N/c1-2-14-9-8-11(12,13)10-6-4-3-5-7-10/h3-7,14H,2,8-9H2,1H3. The van der Waals surface area contributed by atoms with Crippen LogP contribution in [0.5, 0.6) is 0 Å². The van der Waals surface area contributed by atoms with Crippen LogP contribution in [-0.4, -0.2) is 13.1 Å². The molecule has 14 heavy (non-hydrogen) atoms. The summed E-state index contributed by atoms with van der Waals surface area (Å²) in [5.41, 5.74) is 0.0953. The SMILES string of the molecule is CCNCCC(F)(F)c1ccccc1. The van der Waals surface area contributed by atoms with Gasteiger partial charge in [-0.15, -0.1) is 0 Å². The second-order valence-corrected chi connectivity index (χ2v) is 3.17. The van der Waals surface area contributed by atoms with Crippen LogP contribution in [0.25, 0.3) is 0 Å². The zero-order valence-electron chi connectivity index (χ0n) is 8.26. The molecule has 0 fully saturated rings. The third kappa shape index (κ3) is 3.07. The van der Waals surface area contributed by atoms with Crippen molar-refractivity contribution in [3.05, 3.63) is 35.9 Å². The van der Waals surface area contributed by atoms with Crippen LogP contribution in [-0.2, 0) is 5.92 Å². The van der Waals surface area contributed by atoms with Crippen molar-refractivity contribution < 1.29 is 8.78 Å². The van der Waals surface area contributed by atoms with Crippen LogP contribution in [0.2, 0.25) is 0 Å². The van der Waals surface area contributed by atoms with Gasteiger partial charge in [0.15, 0.2) is 0 Å². The number of hydrogen-bond acceptors (Lipinski definition) is 1. The third-order valence-corrected chi connectivity index (χ3v) is 2.06. The molecule has 0 unspecified atom stereocenters. The highest BCUT2D eigenvalue weighted by Crippen LogP contribution is 2.30. The maximum atomic E-state index is 13.4. The lowest BCUT2D eigenvalue weighted by Crippen LogP contribution is -2.23. The van der Waals surface area contributed by atoms with Crippen LogP contribution in [0, 0.1) is 0 Å². The summed E-state index contributed by atoms with van der Waals surface area (Å²) in [5, 5.41) is 2.89. The summed E-state index contributed by atoms with van der Waals surface area (Å²) in [5.74, 6) is -2.72. The second-order valence-electron chi connectivity index (χ2n) is 3.17. The minimum absolute atomic E-state index is 0.0953. The van der Waals surface area contributed by atoms with Gasteiger partial charge in [0.05, 0.1) is 0 Å². The van der Waals surface area contributed by atoms with Gasteiger partial charge in [-0.05, 0) is 6.54 Å². The van der Waals surface area contributed by atoms with Crippen molar-refractivity contribution in [3.8, 4) is 0 Å². The van der Waals surface area contributed by atoms with Crippen molar-refractivity contribution in [2.75, 3.05) is 13.1 Å². The van der Waals surface area contributed by atoms with Crippen molar-refractivity contribution in [3.63, 3.8) is 0 Å². The molecule has 0 saturated heterocycles. The fourth-order valence-corrected chi connectivity index (χ4v) is 1.25. The first-order valence-electron chi connectivity index (χ1n) is 4.81. The van der Waals surface area contributed by atoms with Crippen LogP contribution in [0.4, 0.5) is 8.78 Å². The summed E-state index contributed by atoms with van der Waals surface area (Å²) in [4.78, 5) is 0. The molecule has 78 valence electrons. The molecule has 1 rings (SSSR count). The summed E-state index contributed by atoms with van der Waals surface area (Å²) in [6.07, 6.45) is -0.148. The molecule has 0 spiro atoms. The van der Waals surface area contributed by atoms with Gasteiger partial charge in [-0.25, -0.2) is 8.78 Å². The van der Waals surface area contributed by atoms with Gasteiger partial charge in [0, 0.05) is 18.5 Å². The normalized spacial score (nSPS) is 11.6. The molecular formula is C11H15F2N. The molecule has 3 heteroatoms. The van der Waals surface area contributed by atoms with Gasteiger partial charge in [-0.2, -0.15) is 0 Å². The van der Waals surface area contributed by atoms with Crippen molar-refractivity contribution in [1.29, 1.82) is 0 Å². The molecular weight excluding hydrogens is 184 g/mol. The first-order valence-corrected chi connectivity index (χ1v) is 4.81. The van der Waals surface area contributed by atoms with Crippen molar-refractivity contribution in [2.45, 2.75) is 19.3 Å². The first-order chi connectivity index (χ1) is 6.67. The Morgan fingerprint density at radius 1 is 1.21 bits per heavy atom. The molecule has 0 radical (unpaired) electrons. The van der Waals surface area contributed by atoms with Crippen molar-refractivity contribution in [1.82, 2.24) is 5.32 Å². The number of alkyl halides is 2. The summed E-state index contributed by atoms with van der Waals surface area (Å²) < 4.78 is 26.9. The van der Waals surface area contributed by atoms with E-state index in [2.05, 4.69) is 5.32 Å². The van der Waals surface area contributed by atoms with Gasteiger partial charge in [-0.3, -0.25) is 0 Å². The number of rotatable bonds is 5. The summed E-state index contributed by atoms with van der Waals surface area (Å²) in [6.45, 7) is 2.98. The molecule has 1 nitrogen and oxygen atoms in total. The second kappa shape index (κ2) is 5.05. The quantitative estimate of drug-likeness (QED) is 0.719. The van der Waals surface area contributed by atoms with Crippen LogP contribution >= 0.6 is 0 Å². The third-order valence-electron chi connectivity index (χ3n) is 2.06. The van der Waals surface area contributed by atoms with Crippen molar-refractivity contribution >= 4 is 0 Å². The van der Waals surface area contributed by atoms with Crippen LogP contribution in [0.15, 0.2) is 30.3 Å². The maximum Gasteiger partial charge on any atom is 0.274 e. The fourth-order valence-electron chi connectivity index (χ4n) is 1.25. The Labute approximate surface area is 83.1 Å². The molecule has 0 aromatic heterocycles. The predicted molar refractivity (Wildman–Crippen MR) is 53.5 cm³/mol. The lowest BCUT2D eigenvalue weighted by atomic mass is 10.1. The summed E-state index contributed by atoms with van der Waals surface area (Å²) in [7, 11) is 0. The maximum absolute atomic E-state index is 13.4. The zero-order chi connectivity index (χ0) is 10.4. The lowest BCUT2D eigenvalue weighted by Gasteiger charge is -2.16. The molecule has 1 aromatic carbocycles. The Balaban J connectivity index is 2.56. The smallest absolute Gasteiger partial charge is 0.274 e. The largest absolute Gasteiger partial charge is 0.317 e. The minimum atomic E-state index is -2.72. The summed E-state index contributed by atoms with van der Waals surface area (Å²) >= 11 is 0. The number of nitrogens with one attached hydrogen (secondary N) is 1. The van der Waals surface area contributed by atoms with E-state index in [0.717, 1.165) is 6.54 Å². The minimum Gasteiger partial charge on any atom is -0.317 e. The van der Waals surface area contributed by atoms with E-state index in [1.54, 1.807) is 18.2 Å². The number of hydrogen-bond donors (Lipinski definition) is 1. The van der Waals surface area contributed by atoms with E-state index in [-0.39, 0.29) is 12.0 Å². The first kappa shape index (κ1) is 11.1. The molecule has 0 bridgehead atoms. The van der Waals surface area contributed by atoms with E-state index in [1.807, 2.05) is 6.92 Å². The van der Waals surface area contributed by atoms with Crippen LogP contribution in [0.3, 0.4) is 0 Å². The molecule has 1 aromatic rings. The van der Waals surface area contributed by atoms with Gasteiger partial charge in [0.25, 0.3) is 5.92 Å². The van der Waals surface area contributed by atoms with Gasteiger partial charge < -0.3 is 5.32 Å². The Kier molecular flexibility index (Phi) is 4.01. The van der Waals surface area contributed by atoms with E-state index in [4.69, 9.17) is 0 Å². The fraction of sp³-hybridized carbons (Fsp3) is 0.455. The average Bonchev–Trinajstić information content (AvgIpc) is 2.19. The lowest BCUT2D eigenvalue weighted by molar-refractivity contribution is -0.0126. The molecule has 0 aliphatic rings. The van der Waals surface area contributed by atoms with Gasteiger partial charge in [0.2, 0.25) is 0 Å². The highest BCUT2D eigenvalue weighted by atomic mass is 19.3. The van der Waals surface area contributed by atoms with E-state index in [0.29, 0.717) is 6.54 Å². The van der Waals surface area contributed by atoms with Crippen molar-refractivity contribution in [2.24, 2.45) is 0 Å². The summed E-state index contributed by atoms with van der Waals surface area (Å²) in [6, 6.07) is 7.94. The van der Waals surface area contributed by atoms with Crippen LogP contribution in [0.1, 0.15) is 18.9 Å². The molecule has 0 amide bonds. The molecule has 0 atom stereocenters. The topological polar surface area (TPSA) is 12.0 Å². The molecule has 0 saturated carbocycles. The molecule has 0 aliphatic carbocycles. The van der Waals surface area contributed by atoms with E-state index in [9.17, 15) is 8.78 Å². The highest BCUT2D eigenvalue weighted by molar-refractivity contribution is 5.19. The number of halogens is 2. The van der Waals surface area contributed by atoms with E-state index < -0.39 is 5.92 Å². The molecule has 1 N–H and O–H groups in total. The van der Waals surface area contributed by atoms with E-state index in [1.165, 1.54) is 12.1 Å². The Bertz CT molecular complexity index is 259. The predicted octanol–water partition coefficient (Wildman–Crippen LogP) is 2.78. The van der Waals surface area contributed by atoms with Gasteiger partial charge in [-0.1, -0.05) is 37.3 Å². The monoisotopic (exact) mass is 199 g/mol. The van der Waals surface area contributed by atoms with E-state index >= 15 is 0 Å². The molecule has 0 heterocycles. The van der Waals surface area contributed by atoms with Gasteiger partial charge >= 0.3 is 0 Å². The Hall–Kier alpha value is -0.960. The number of benzene rings is 1. The Morgan fingerprint density at radius 3 is 2.43 bits per heavy atom. The zero-order valence-corrected chi connectivity index (χ0v) is 8.26. The van der Waals surface area contributed by atoms with Crippen LogP contribution < -0.4 is 5.32 Å². The van der Waals surface area contributed by atoms with Gasteiger partial charge in [0.1, 0.15) is 0 Å². The average molecular weight is 199 g/mol. The highest BCUT2D eigenvalue weighted by Gasteiger charge is 2.30. The Morgan fingerprint density at radius 2 is 1.86 bits per heavy atom.